The van der Waals surface area contributed by atoms with Crippen molar-refractivity contribution in [3.8, 4) is 0 Å². The van der Waals surface area contributed by atoms with E-state index in [2.05, 4.69) is 4.40 Å². The van der Waals surface area contributed by atoms with Gasteiger partial charge >= 0.3 is 0 Å². The smallest absolute Gasteiger partial charge is 0.285 e. The number of carbonyl (C=O) groups excluding carboxylic acids is 1. The van der Waals surface area contributed by atoms with Crippen LogP contribution in [-0.4, -0.2) is 54.6 Å². The number of nitrogens with zero attached hydrogens (tertiary/aromatic N) is 4. The molecule has 2 aromatic carbocycles. The summed E-state index contributed by atoms with van der Waals surface area (Å²) in [5, 5.41) is 0.882. The quantitative estimate of drug-likeness (QED) is 0.606. The molecule has 0 radical (unpaired) electrons. The minimum absolute atomic E-state index is 0.0475. The number of thiazole rings is 1. The van der Waals surface area contributed by atoms with Gasteiger partial charge < -0.3 is 9.80 Å². The minimum atomic E-state index is -3.72. The van der Waals surface area contributed by atoms with Gasteiger partial charge in [0.2, 0.25) is 5.91 Å². The summed E-state index contributed by atoms with van der Waals surface area (Å²) < 4.78 is 30.1. The van der Waals surface area contributed by atoms with E-state index in [4.69, 9.17) is 4.98 Å². The lowest BCUT2D eigenvalue weighted by atomic mass is 10.1. The Labute approximate surface area is 185 Å². The Morgan fingerprint density at radius 2 is 1.94 bits per heavy atom. The maximum atomic E-state index is 13.5. The van der Waals surface area contributed by atoms with E-state index in [-0.39, 0.29) is 16.8 Å². The second-order valence-electron chi connectivity index (χ2n) is 7.88. The monoisotopic (exact) mass is 454 g/mol. The van der Waals surface area contributed by atoms with Crippen LogP contribution in [0.25, 0.3) is 10.2 Å². The van der Waals surface area contributed by atoms with Crippen LogP contribution in [0.1, 0.15) is 36.4 Å². The molecule has 0 unspecified atom stereocenters. The molecule has 0 saturated carbocycles. The predicted molar refractivity (Wildman–Crippen MR) is 121 cm³/mol. The number of fused-ring (bicyclic) bond motifs is 2. The Morgan fingerprint density at radius 1 is 1.19 bits per heavy atom. The highest BCUT2D eigenvalue weighted by Gasteiger charge is 2.40. The van der Waals surface area contributed by atoms with Crippen LogP contribution in [0.2, 0.25) is 0 Å². The number of amides is 1. The molecule has 31 heavy (non-hydrogen) atoms. The van der Waals surface area contributed by atoms with Crippen LogP contribution >= 0.6 is 11.3 Å². The third-order valence-corrected chi connectivity index (χ3v) is 8.55. The van der Waals surface area contributed by atoms with Gasteiger partial charge in [0.15, 0.2) is 5.84 Å². The first-order valence-corrected chi connectivity index (χ1v) is 12.5. The lowest BCUT2D eigenvalue weighted by Crippen LogP contribution is -2.47. The summed E-state index contributed by atoms with van der Waals surface area (Å²) in [6, 6.07) is 14.1. The number of hydrogen-bond acceptors (Lipinski definition) is 6. The van der Waals surface area contributed by atoms with Crippen LogP contribution < -0.4 is 0 Å². The highest BCUT2D eigenvalue weighted by Crippen LogP contribution is 2.33. The fourth-order valence-corrected chi connectivity index (χ4v) is 6.51. The standard InChI is InChI=1S/C22H22N4O3S2/c1-14(21-23-16-9-4-5-11-18(16)30-21)25(2)22(27)17-10-7-13-26(17)20-15-8-3-6-12-19(15)31(28,29)24-20/h3-6,8-9,11-12,14,17H,7,10,13H2,1-2H3/t14-,17+/m1/s1. The van der Waals surface area contributed by atoms with Gasteiger partial charge in [-0.3, -0.25) is 4.79 Å². The zero-order valence-electron chi connectivity index (χ0n) is 17.2. The fraction of sp³-hybridized carbons (Fsp3) is 0.318. The molecule has 3 heterocycles. The van der Waals surface area contributed by atoms with Gasteiger partial charge in [-0.1, -0.05) is 24.3 Å². The largest absolute Gasteiger partial charge is 0.343 e. The number of sulfonamides is 1. The van der Waals surface area contributed by atoms with Crippen molar-refractivity contribution in [3.63, 3.8) is 0 Å². The van der Waals surface area contributed by atoms with E-state index in [0.29, 0.717) is 24.4 Å². The third kappa shape index (κ3) is 3.32. The molecule has 1 aromatic heterocycles. The van der Waals surface area contributed by atoms with Gasteiger partial charge in [0.1, 0.15) is 15.9 Å². The molecule has 160 valence electrons. The van der Waals surface area contributed by atoms with E-state index >= 15 is 0 Å². The summed E-state index contributed by atoms with van der Waals surface area (Å²) >= 11 is 1.59. The van der Waals surface area contributed by atoms with Gasteiger partial charge in [0.05, 0.1) is 16.3 Å². The van der Waals surface area contributed by atoms with E-state index in [1.54, 1.807) is 47.5 Å². The summed E-state index contributed by atoms with van der Waals surface area (Å²) in [4.78, 5) is 21.9. The van der Waals surface area contributed by atoms with Gasteiger partial charge in [-0.2, -0.15) is 8.42 Å². The number of likely N-dealkylation sites (tertiary alicyclic amines) is 1. The van der Waals surface area contributed by atoms with Crippen LogP contribution in [0, 0.1) is 0 Å². The van der Waals surface area contributed by atoms with Crippen LogP contribution in [0.15, 0.2) is 57.8 Å². The van der Waals surface area contributed by atoms with Crippen LogP contribution in [0.4, 0.5) is 0 Å². The maximum Gasteiger partial charge on any atom is 0.285 e. The molecule has 9 heteroatoms. The number of carbonyl (C=O) groups is 1. The van der Waals surface area contributed by atoms with E-state index in [1.807, 2.05) is 36.1 Å². The zero-order chi connectivity index (χ0) is 21.8. The average Bonchev–Trinajstić information content (AvgIpc) is 3.48. The van der Waals surface area contributed by atoms with E-state index in [1.165, 1.54) is 0 Å². The van der Waals surface area contributed by atoms with E-state index in [9.17, 15) is 13.2 Å². The van der Waals surface area contributed by atoms with Crippen molar-refractivity contribution in [2.75, 3.05) is 13.6 Å². The molecule has 3 aromatic rings. The van der Waals surface area contributed by atoms with E-state index < -0.39 is 16.1 Å². The number of amidine groups is 1. The molecule has 1 saturated heterocycles. The van der Waals surface area contributed by atoms with Gasteiger partial charge in [-0.05, 0) is 44.0 Å². The summed E-state index contributed by atoms with van der Waals surface area (Å²) in [5.41, 5.74) is 1.50. The molecule has 1 amide bonds. The summed E-state index contributed by atoms with van der Waals surface area (Å²) in [5.74, 6) is 0.334. The van der Waals surface area contributed by atoms with Gasteiger partial charge in [0, 0.05) is 19.2 Å². The highest BCUT2D eigenvalue weighted by atomic mass is 32.2. The number of aromatic nitrogens is 1. The van der Waals surface area contributed by atoms with Crippen molar-refractivity contribution >= 4 is 43.3 Å². The number of hydrogen-bond donors (Lipinski definition) is 0. The Kier molecular flexibility index (Phi) is 4.82. The summed E-state index contributed by atoms with van der Waals surface area (Å²) in [6.07, 6.45) is 1.47. The summed E-state index contributed by atoms with van der Waals surface area (Å²) in [6.45, 7) is 2.57. The zero-order valence-corrected chi connectivity index (χ0v) is 18.9. The van der Waals surface area contributed by atoms with Crippen molar-refractivity contribution in [1.82, 2.24) is 14.8 Å². The SMILES string of the molecule is C[C@H](c1nc2ccccc2s1)N(C)C(=O)[C@@H]1CCCN1C1=NS(=O)(=O)c2ccccc21. The number of benzene rings is 2. The minimum Gasteiger partial charge on any atom is -0.343 e. The van der Waals surface area contributed by atoms with Crippen LogP contribution in [0.5, 0.6) is 0 Å². The van der Waals surface area contributed by atoms with Crippen molar-refractivity contribution in [3.05, 3.63) is 59.1 Å². The van der Waals surface area contributed by atoms with Crippen molar-refractivity contribution in [2.24, 2.45) is 4.40 Å². The van der Waals surface area contributed by atoms with Gasteiger partial charge in [0.25, 0.3) is 10.0 Å². The first-order valence-electron chi connectivity index (χ1n) is 10.2. The maximum absolute atomic E-state index is 13.5. The Hall–Kier alpha value is -2.78. The van der Waals surface area contributed by atoms with Gasteiger partial charge in [-0.25, -0.2) is 4.98 Å². The van der Waals surface area contributed by atoms with E-state index in [0.717, 1.165) is 21.6 Å². The predicted octanol–water partition coefficient (Wildman–Crippen LogP) is 3.43. The Bertz CT molecular complexity index is 1280. The molecule has 1 fully saturated rings. The molecule has 2 atom stereocenters. The Balaban J connectivity index is 1.42. The van der Waals surface area contributed by atoms with Crippen molar-refractivity contribution in [1.29, 1.82) is 0 Å². The Morgan fingerprint density at radius 3 is 2.74 bits per heavy atom. The van der Waals surface area contributed by atoms with Crippen molar-refractivity contribution in [2.45, 2.75) is 36.7 Å². The lowest BCUT2D eigenvalue weighted by molar-refractivity contribution is -0.135. The number of likely N-dealkylation sites (N-methyl/N-ethyl adjacent to an activating group) is 1. The second kappa shape index (κ2) is 7.42. The molecule has 2 aliphatic rings. The molecule has 0 spiro atoms. The molecule has 7 nitrogen and oxygen atoms in total. The summed E-state index contributed by atoms with van der Waals surface area (Å²) in [7, 11) is -1.93. The van der Waals surface area contributed by atoms with Crippen LogP contribution in [-0.2, 0) is 14.8 Å². The van der Waals surface area contributed by atoms with Crippen LogP contribution in [0.3, 0.4) is 0 Å². The second-order valence-corrected chi connectivity index (χ2v) is 10.5. The molecule has 0 aliphatic carbocycles. The first kappa shape index (κ1) is 20.1. The topological polar surface area (TPSA) is 82.9 Å². The van der Waals surface area contributed by atoms with Gasteiger partial charge in [-0.15, -0.1) is 15.7 Å². The number of rotatable bonds is 3. The molecule has 5 rings (SSSR count). The number of para-hydroxylation sites is 1. The normalized spacial score (nSPS) is 20.5. The average molecular weight is 455 g/mol. The lowest BCUT2D eigenvalue weighted by Gasteiger charge is -2.31. The molecule has 2 aliphatic heterocycles. The molecule has 0 bridgehead atoms. The molecular formula is C22H22N4O3S2. The highest BCUT2D eigenvalue weighted by molar-refractivity contribution is 7.90. The molecule has 0 N–H and O–H groups in total. The molecular weight excluding hydrogens is 432 g/mol. The van der Waals surface area contributed by atoms with Crippen molar-refractivity contribution < 1.29 is 13.2 Å². The first-order chi connectivity index (χ1) is 14.9. The third-order valence-electron chi connectivity index (χ3n) is 6.02. The fourth-order valence-electron chi connectivity index (χ4n) is 4.23.